The van der Waals surface area contributed by atoms with Gasteiger partial charge in [0.1, 0.15) is 29.3 Å². The number of methoxy groups -OCH3 is 1. The number of hydrogen-bond donors (Lipinski definition) is 3. The van der Waals surface area contributed by atoms with E-state index in [0.717, 1.165) is 6.07 Å². The lowest BCUT2D eigenvalue weighted by molar-refractivity contribution is -0.175. The molecule has 3 amide bonds. The predicted octanol–water partition coefficient (Wildman–Crippen LogP) is 3.70. The first-order chi connectivity index (χ1) is 20.3. The van der Waals surface area contributed by atoms with Crippen LogP contribution in [-0.4, -0.2) is 53.9 Å². The Kier molecular flexibility index (Phi) is 10.9. The van der Waals surface area contributed by atoms with Crippen LogP contribution < -0.4 is 20.7 Å². The number of nitrogens with one attached hydrogen (secondary N) is 3. The average Bonchev–Trinajstić information content (AvgIpc) is 2.97. The van der Waals surface area contributed by atoms with Gasteiger partial charge in [-0.1, -0.05) is 44.2 Å². The van der Waals surface area contributed by atoms with Gasteiger partial charge in [-0.05, 0) is 53.4 Å². The SMILES string of the molecule is COc1ccc(C(NC(=O)C(Cc2cccc(F)c2)NC(=O)c2ccccn2)C(=O)N[C@H](C(=O)C(F)(F)F)C(C)C)cc1. The smallest absolute Gasteiger partial charge is 0.452 e. The van der Waals surface area contributed by atoms with Gasteiger partial charge in [0.25, 0.3) is 11.7 Å². The van der Waals surface area contributed by atoms with E-state index in [2.05, 4.69) is 20.9 Å². The number of amides is 3. The molecule has 0 aliphatic heterocycles. The van der Waals surface area contributed by atoms with Gasteiger partial charge in [-0.25, -0.2) is 4.39 Å². The van der Waals surface area contributed by atoms with E-state index >= 15 is 0 Å². The molecular weight excluding hydrogens is 572 g/mol. The van der Waals surface area contributed by atoms with Crippen molar-refractivity contribution in [1.29, 1.82) is 0 Å². The lowest BCUT2D eigenvalue weighted by Gasteiger charge is -2.27. The van der Waals surface area contributed by atoms with Crippen LogP contribution in [0.25, 0.3) is 0 Å². The van der Waals surface area contributed by atoms with E-state index in [-0.39, 0.29) is 17.7 Å². The second-order valence-electron chi connectivity index (χ2n) is 9.88. The third-order valence-corrected chi connectivity index (χ3v) is 6.37. The summed E-state index contributed by atoms with van der Waals surface area (Å²) < 4.78 is 58.8. The number of carbonyl (C=O) groups excluding carboxylic acids is 4. The molecule has 0 bridgehead atoms. The molecule has 0 spiro atoms. The highest BCUT2D eigenvalue weighted by Crippen LogP contribution is 2.23. The maximum atomic E-state index is 13.9. The number of ketones is 1. The molecule has 1 aromatic heterocycles. The summed E-state index contributed by atoms with van der Waals surface area (Å²) in [6.45, 7) is 2.66. The summed E-state index contributed by atoms with van der Waals surface area (Å²) in [5.41, 5.74) is 0.464. The van der Waals surface area contributed by atoms with Gasteiger partial charge in [0.05, 0.1) is 13.2 Å². The molecule has 3 rings (SSSR count). The Morgan fingerprint density at radius 3 is 2.14 bits per heavy atom. The third-order valence-electron chi connectivity index (χ3n) is 6.37. The summed E-state index contributed by atoms with van der Waals surface area (Å²) in [6, 6.07) is 10.7. The fraction of sp³-hybridized carbons (Fsp3) is 0.300. The number of pyridine rings is 1. The standard InChI is InChI=1S/C30H30F4N4O5/c1-17(2)24(26(39)30(32,33)34)37-29(42)25(19-10-12-21(43-3)13-11-19)38-28(41)23(16-18-7-6-8-20(31)15-18)36-27(40)22-9-4-5-14-35-22/h4-15,17,23-25H,16H2,1-3H3,(H,36,40)(H,37,42)(H,38,41)/t23?,24-,25?/m0/s1. The molecule has 1 heterocycles. The first-order valence-corrected chi connectivity index (χ1v) is 13.1. The number of carbonyl (C=O) groups is 4. The lowest BCUT2D eigenvalue weighted by Crippen LogP contribution is -2.55. The Labute approximate surface area is 245 Å². The second-order valence-corrected chi connectivity index (χ2v) is 9.88. The molecule has 9 nitrogen and oxygen atoms in total. The summed E-state index contributed by atoms with van der Waals surface area (Å²) in [4.78, 5) is 56.0. The minimum Gasteiger partial charge on any atom is -0.497 e. The first kappa shape index (κ1) is 32.7. The number of alkyl halides is 3. The number of nitrogens with zero attached hydrogens (tertiary/aromatic N) is 1. The molecule has 0 saturated carbocycles. The van der Waals surface area contributed by atoms with Crippen LogP contribution in [0.1, 0.15) is 41.5 Å². The molecule has 0 radical (unpaired) electrons. The van der Waals surface area contributed by atoms with E-state index in [9.17, 15) is 36.7 Å². The van der Waals surface area contributed by atoms with Crippen molar-refractivity contribution in [3.63, 3.8) is 0 Å². The van der Waals surface area contributed by atoms with E-state index < -0.39 is 59.5 Å². The quantitative estimate of drug-likeness (QED) is 0.272. The van der Waals surface area contributed by atoms with Gasteiger partial charge >= 0.3 is 6.18 Å². The van der Waals surface area contributed by atoms with Crippen molar-refractivity contribution in [2.24, 2.45) is 5.92 Å². The maximum absolute atomic E-state index is 13.9. The first-order valence-electron chi connectivity index (χ1n) is 13.1. The van der Waals surface area contributed by atoms with Crippen molar-refractivity contribution in [2.45, 2.75) is 44.6 Å². The largest absolute Gasteiger partial charge is 0.497 e. The number of Topliss-reactive ketones (excluding diaryl/α,β-unsaturated/α-hetero) is 1. The van der Waals surface area contributed by atoms with E-state index in [1.165, 1.54) is 75.7 Å². The van der Waals surface area contributed by atoms with E-state index in [0.29, 0.717) is 11.3 Å². The van der Waals surface area contributed by atoms with Crippen molar-refractivity contribution >= 4 is 23.5 Å². The van der Waals surface area contributed by atoms with Crippen LogP contribution in [-0.2, 0) is 20.8 Å². The fourth-order valence-electron chi connectivity index (χ4n) is 4.13. The highest BCUT2D eigenvalue weighted by Gasteiger charge is 2.45. The average molecular weight is 603 g/mol. The Hall–Kier alpha value is -4.81. The van der Waals surface area contributed by atoms with Crippen molar-refractivity contribution in [1.82, 2.24) is 20.9 Å². The molecular formula is C30H30F4N4O5. The summed E-state index contributed by atoms with van der Waals surface area (Å²) in [7, 11) is 1.40. The number of halogens is 4. The normalized spacial score (nSPS) is 13.4. The molecule has 3 aromatic rings. The van der Waals surface area contributed by atoms with Crippen molar-refractivity contribution in [3.05, 3.63) is 95.6 Å². The minimum atomic E-state index is -5.22. The van der Waals surface area contributed by atoms with Gasteiger partial charge in [0.15, 0.2) is 0 Å². The molecule has 43 heavy (non-hydrogen) atoms. The molecule has 0 aliphatic rings. The van der Waals surface area contributed by atoms with Crippen LogP contribution in [0.2, 0.25) is 0 Å². The molecule has 2 aromatic carbocycles. The Morgan fingerprint density at radius 2 is 1.58 bits per heavy atom. The zero-order valence-electron chi connectivity index (χ0n) is 23.4. The zero-order chi connectivity index (χ0) is 31.7. The van der Waals surface area contributed by atoms with Gasteiger partial charge in [-0.15, -0.1) is 0 Å². The molecule has 3 atom stereocenters. The third kappa shape index (κ3) is 9.09. The molecule has 2 unspecified atom stereocenters. The zero-order valence-corrected chi connectivity index (χ0v) is 23.4. The summed E-state index contributed by atoms with van der Waals surface area (Å²) in [5, 5.41) is 7.11. The van der Waals surface area contributed by atoms with Crippen molar-refractivity contribution in [3.8, 4) is 5.75 Å². The lowest BCUT2D eigenvalue weighted by atomic mass is 9.97. The highest BCUT2D eigenvalue weighted by atomic mass is 19.4. The summed E-state index contributed by atoms with van der Waals surface area (Å²) in [6.07, 6.45) is -4.05. The van der Waals surface area contributed by atoms with Crippen LogP contribution >= 0.6 is 0 Å². The van der Waals surface area contributed by atoms with Gasteiger partial charge < -0.3 is 20.7 Å². The maximum Gasteiger partial charge on any atom is 0.452 e. The highest BCUT2D eigenvalue weighted by molar-refractivity contribution is 5.98. The van der Waals surface area contributed by atoms with E-state index in [1.807, 2.05) is 0 Å². The number of ether oxygens (including phenoxy) is 1. The van der Waals surface area contributed by atoms with E-state index in [4.69, 9.17) is 4.74 Å². The van der Waals surface area contributed by atoms with Crippen molar-refractivity contribution < 1.29 is 41.5 Å². The van der Waals surface area contributed by atoms with Gasteiger partial charge in [-0.2, -0.15) is 13.2 Å². The minimum absolute atomic E-state index is 0.0190. The number of aromatic nitrogens is 1. The van der Waals surface area contributed by atoms with Crippen LogP contribution in [0.15, 0.2) is 72.9 Å². The van der Waals surface area contributed by atoms with E-state index in [1.54, 1.807) is 12.1 Å². The Bertz CT molecular complexity index is 1430. The molecule has 13 heteroatoms. The summed E-state index contributed by atoms with van der Waals surface area (Å²) >= 11 is 0. The number of rotatable bonds is 12. The Morgan fingerprint density at radius 1 is 0.884 bits per heavy atom. The number of benzene rings is 2. The van der Waals surface area contributed by atoms with Gasteiger partial charge in [-0.3, -0.25) is 24.2 Å². The monoisotopic (exact) mass is 602 g/mol. The van der Waals surface area contributed by atoms with Crippen molar-refractivity contribution in [2.75, 3.05) is 7.11 Å². The number of hydrogen-bond acceptors (Lipinski definition) is 6. The second kappa shape index (κ2) is 14.4. The molecule has 0 saturated heterocycles. The predicted molar refractivity (Wildman–Crippen MR) is 147 cm³/mol. The molecule has 228 valence electrons. The van der Waals surface area contributed by atoms with Crippen LogP contribution in [0, 0.1) is 11.7 Å². The van der Waals surface area contributed by atoms with Gasteiger partial charge in [0.2, 0.25) is 11.8 Å². The van der Waals surface area contributed by atoms with Gasteiger partial charge in [0, 0.05) is 12.6 Å². The van der Waals surface area contributed by atoms with Crippen LogP contribution in [0.3, 0.4) is 0 Å². The molecule has 0 aliphatic carbocycles. The van der Waals surface area contributed by atoms with Crippen LogP contribution in [0.4, 0.5) is 17.6 Å². The molecule has 0 fully saturated rings. The fourth-order valence-corrected chi connectivity index (χ4v) is 4.13. The summed E-state index contributed by atoms with van der Waals surface area (Å²) in [5.74, 6) is -6.03. The topological polar surface area (TPSA) is 126 Å². The Balaban J connectivity index is 1.96. The van der Waals surface area contributed by atoms with Crippen LogP contribution in [0.5, 0.6) is 5.75 Å². The molecule has 3 N–H and O–H groups in total.